The maximum absolute atomic E-state index is 12.6. The van der Waals surface area contributed by atoms with Gasteiger partial charge in [0.1, 0.15) is 18.6 Å². The van der Waals surface area contributed by atoms with Gasteiger partial charge in [0.2, 0.25) is 29.5 Å². The van der Waals surface area contributed by atoms with Crippen LogP contribution in [0.2, 0.25) is 0 Å². The Morgan fingerprint density at radius 2 is 1.50 bits per heavy atom. The first-order chi connectivity index (χ1) is 14.0. The van der Waals surface area contributed by atoms with Gasteiger partial charge in [-0.15, -0.1) is 0 Å². The Balaban J connectivity index is 5.28. The molecule has 5 amide bonds. The molecule has 0 rings (SSSR count). The second-order valence-electron chi connectivity index (χ2n) is 6.30. The molecule has 0 bridgehead atoms. The van der Waals surface area contributed by atoms with Gasteiger partial charge in [0.15, 0.2) is 0 Å². The van der Waals surface area contributed by atoms with E-state index in [4.69, 9.17) is 22.3 Å². The zero-order chi connectivity index (χ0) is 23.3. The lowest BCUT2D eigenvalue weighted by Crippen LogP contribution is -2.56. The Morgan fingerprint density at radius 1 is 0.900 bits per heavy atom. The monoisotopic (exact) mass is 448 g/mol. The number of carboxylic acids is 1. The smallest absolute Gasteiger partial charge is 0.322 e. The molecule has 0 aliphatic heterocycles. The predicted molar refractivity (Wildman–Crippen MR) is 108 cm³/mol. The number of aliphatic carboxylic acids is 1. The number of amides is 5. The van der Waals surface area contributed by atoms with Gasteiger partial charge in [0.25, 0.3) is 0 Å². The number of hydrogen-bond donors (Lipinski definition) is 7. The SMILES string of the molecule is CSCCC(N)C(=O)NC(CCC(N)=O)C(=O)NC(CC(N)=O)C(=O)NCC(=O)O. The van der Waals surface area contributed by atoms with Gasteiger partial charge in [-0.1, -0.05) is 0 Å². The Labute approximate surface area is 177 Å². The van der Waals surface area contributed by atoms with Crippen molar-refractivity contribution in [2.75, 3.05) is 18.6 Å². The highest BCUT2D eigenvalue weighted by Gasteiger charge is 2.29. The van der Waals surface area contributed by atoms with E-state index < -0.39 is 66.6 Å². The average molecular weight is 449 g/mol. The lowest BCUT2D eigenvalue weighted by atomic mass is 10.1. The van der Waals surface area contributed by atoms with Crippen LogP contribution in [0.4, 0.5) is 0 Å². The van der Waals surface area contributed by atoms with Gasteiger partial charge in [0.05, 0.1) is 12.5 Å². The summed E-state index contributed by atoms with van der Waals surface area (Å²) in [6.07, 6.45) is 1.15. The molecule has 0 fully saturated rings. The lowest BCUT2D eigenvalue weighted by molar-refractivity contribution is -0.138. The summed E-state index contributed by atoms with van der Waals surface area (Å²) in [5.41, 5.74) is 15.9. The first-order valence-corrected chi connectivity index (χ1v) is 10.3. The van der Waals surface area contributed by atoms with Crippen LogP contribution in [0, 0.1) is 0 Å². The van der Waals surface area contributed by atoms with E-state index in [2.05, 4.69) is 10.6 Å². The summed E-state index contributed by atoms with van der Waals surface area (Å²) in [6.45, 7) is -0.740. The van der Waals surface area contributed by atoms with Crippen molar-refractivity contribution in [3.63, 3.8) is 0 Å². The summed E-state index contributed by atoms with van der Waals surface area (Å²) in [7, 11) is 0. The molecule has 0 saturated heterocycles. The van der Waals surface area contributed by atoms with Crippen LogP contribution in [0.15, 0.2) is 0 Å². The summed E-state index contributed by atoms with van der Waals surface area (Å²) in [5, 5.41) is 15.3. The topological polar surface area (TPSA) is 237 Å². The fourth-order valence-corrected chi connectivity index (χ4v) is 2.67. The van der Waals surface area contributed by atoms with Gasteiger partial charge in [-0.2, -0.15) is 11.8 Å². The van der Waals surface area contributed by atoms with Crippen LogP contribution >= 0.6 is 11.8 Å². The van der Waals surface area contributed by atoms with Crippen molar-refractivity contribution < 1.29 is 33.9 Å². The number of carbonyl (C=O) groups is 6. The van der Waals surface area contributed by atoms with Crippen molar-refractivity contribution in [1.82, 2.24) is 16.0 Å². The molecule has 0 aliphatic rings. The highest BCUT2D eigenvalue weighted by atomic mass is 32.2. The Kier molecular flexibility index (Phi) is 12.8. The number of nitrogens with one attached hydrogen (secondary N) is 3. The molecule has 13 nitrogen and oxygen atoms in total. The fraction of sp³-hybridized carbons (Fsp3) is 0.625. The van der Waals surface area contributed by atoms with E-state index in [1.165, 1.54) is 11.8 Å². The van der Waals surface area contributed by atoms with Crippen LogP contribution in [0.25, 0.3) is 0 Å². The van der Waals surface area contributed by atoms with Crippen molar-refractivity contribution in [3.8, 4) is 0 Å². The van der Waals surface area contributed by atoms with Crippen LogP contribution in [0.5, 0.6) is 0 Å². The minimum absolute atomic E-state index is 0.178. The summed E-state index contributed by atoms with van der Waals surface area (Å²) < 4.78 is 0. The molecule has 14 heteroatoms. The van der Waals surface area contributed by atoms with E-state index in [0.717, 1.165) is 0 Å². The van der Waals surface area contributed by atoms with Crippen molar-refractivity contribution in [2.24, 2.45) is 17.2 Å². The average Bonchev–Trinajstić information content (AvgIpc) is 2.65. The number of carbonyl (C=O) groups excluding carboxylic acids is 5. The van der Waals surface area contributed by atoms with E-state index in [1.807, 2.05) is 11.6 Å². The highest BCUT2D eigenvalue weighted by Crippen LogP contribution is 2.03. The van der Waals surface area contributed by atoms with Gasteiger partial charge in [0, 0.05) is 6.42 Å². The van der Waals surface area contributed by atoms with Crippen molar-refractivity contribution >= 4 is 47.3 Å². The number of nitrogens with two attached hydrogens (primary N) is 3. The van der Waals surface area contributed by atoms with Gasteiger partial charge < -0.3 is 38.3 Å². The molecule has 0 aliphatic carbocycles. The second-order valence-corrected chi connectivity index (χ2v) is 7.28. The molecule has 0 aromatic heterocycles. The van der Waals surface area contributed by atoms with Gasteiger partial charge in [-0.05, 0) is 24.9 Å². The molecule has 0 saturated carbocycles. The van der Waals surface area contributed by atoms with Gasteiger partial charge >= 0.3 is 5.97 Å². The molecule has 170 valence electrons. The van der Waals surface area contributed by atoms with Crippen molar-refractivity contribution in [3.05, 3.63) is 0 Å². The molecule has 0 aromatic carbocycles. The molecule has 3 unspecified atom stereocenters. The Bertz CT molecular complexity index is 660. The number of rotatable bonds is 15. The fourth-order valence-electron chi connectivity index (χ4n) is 2.18. The summed E-state index contributed by atoms with van der Waals surface area (Å²) in [4.78, 5) is 69.8. The third-order valence-electron chi connectivity index (χ3n) is 3.73. The zero-order valence-electron chi connectivity index (χ0n) is 16.5. The molecule has 0 heterocycles. The summed E-state index contributed by atoms with van der Waals surface area (Å²) in [5.74, 6) is -4.87. The van der Waals surface area contributed by atoms with Crippen molar-refractivity contribution in [1.29, 1.82) is 0 Å². The van der Waals surface area contributed by atoms with E-state index in [-0.39, 0.29) is 12.8 Å². The number of primary amides is 2. The Hall–Kier alpha value is -2.87. The lowest BCUT2D eigenvalue weighted by Gasteiger charge is -2.23. The molecule has 0 radical (unpaired) electrons. The molecular formula is C16H28N6O7S. The van der Waals surface area contributed by atoms with Crippen LogP contribution in [-0.2, 0) is 28.8 Å². The van der Waals surface area contributed by atoms with Crippen LogP contribution in [0.3, 0.4) is 0 Å². The molecular weight excluding hydrogens is 420 g/mol. The van der Waals surface area contributed by atoms with Crippen LogP contribution < -0.4 is 33.2 Å². The van der Waals surface area contributed by atoms with E-state index in [1.54, 1.807) is 0 Å². The number of carboxylic acid groups (broad SMARTS) is 1. The predicted octanol–water partition coefficient (Wildman–Crippen LogP) is -3.62. The number of thioether (sulfide) groups is 1. The second kappa shape index (κ2) is 14.2. The summed E-state index contributed by atoms with van der Waals surface area (Å²) >= 11 is 1.48. The largest absolute Gasteiger partial charge is 0.480 e. The maximum atomic E-state index is 12.6. The van der Waals surface area contributed by atoms with E-state index >= 15 is 0 Å². The highest BCUT2D eigenvalue weighted by molar-refractivity contribution is 7.98. The molecule has 30 heavy (non-hydrogen) atoms. The normalized spacial score (nSPS) is 13.4. The van der Waals surface area contributed by atoms with Crippen molar-refractivity contribution in [2.45, 2.75) is 43.8 Å². The quantitative estimate of drug-likeness (QED) is 0.131. The number of hydrogen-bond acceptors (Lipinski definition) is 8. The maximum Gasteiger partial charge on any atom is 0.322 e. The summed E-state index contributed by atoms with van der Waals surface area (Å²) in [6, 6.07) is -3.65. The van der Waals surface area contributed by atoms with Crippen LogP contribution in [0.1, 0.15) is 25.7 Å². The molecule has 0 aromatic rings. The minimum atomic E-state index is -1.48. The van der Waals surface area contributed by atoms with Crippen LogP contribution in [-0.4, -0.2) is 77.3 Å². The molecule has 3 atom stereocenters. The van der Waals surface area contributed by atoms with E-state index in [9.17, 15) is 28.8 Å². The minimum Gasteiger partial charge on any atom is -0.480 e. The van der Waals surface area contributed by atoms with Gasteiger partial charge in [-0.3, -0.25) is 28.8 Å². The zero-order valence-corrected chi connectivity index (χ0v) is 17.3. The first kappa shape index (κ1) is 27.1. The standard InChI is InChI=1S/C16H28N6O7S/c1-30-5-4-8(17)14(27)21-9(2-3-11(18)23)16(29)22-10(6-12(19)24)15(28)20-7-13(25)26/h8-10H,2-7,17H2,1H3,(H2,18,23)(H2,19,24)(H,20,28)(H,21,27)(H,22,29)(H,25,26). The molecule has 10 N–H and O–H groups in total. The third kappa shape index (κ3) is 11.9. The Morgan fingerprint density at radius 3 is 2.00 bits per heavy atom. The molecule has 0 spiro atoms. The third-order valence-corrected chi connectivity index (χ3v) is 4.38. The van der Waals surface area contributed by atoms with Gasteiger partial charge in [-0.25, -0.2) is 0 Å². The van der Waals surface area contributed by atoms with E-state index in [0.29, 0.717) is 12.2 Å². The first-order valence-electron chi connectivity index (χ1n) is 8.89.